The standard InChI is InChI=1S/C11H11F3/c1-4-11(2,3)7-5-8(12)10(14)9(13)6-7/h4-6H,1H2,2-3H3. The Morgan fingerprint density at radius 3 is 1.93 bits per heavy atom. The Morgan fingerprint density at radius 1 is 1.14 bits per heavy atom. The zero-order valence-corrected chi connectivity index (χ0v) is 8.07. The first-order chi connectivity index (χ1) is 6.38. The average molecular weight is 200 g/mol. The van der Waals surface area contributed by atoms with E-state index in [1.807, 2.05) is 0 Å². The molecule has 0 spiro atoms. The van der Waals surface area contributed by atoms with Crippen molar-refractivity contribution in [3.8, 4) is 0 Å². The smallest absolute Gasteiger partial charge is 0.194 e. The molecule has 0 nitrogen and oxygen atoms in total. The molecule has 0 N–H and O–H groups in total. The van der Waals surface area contributed by atoms with Crippen molar-refractivity contribution in [3.05, 3.63) is 47.8 Å². The van der Waals surface area contributed by atoms with Crippen molar-refractivity contribution in [3.63, 3.8) is 0 Å². The van der Waals surface area contributed by atoms with Gasteiger partial charge in [-0.1, -0.05) is 19.9 Å². The fraction of sp³-hybridized carbons (Fsp3) is 0.273. The summed E-state index contributed by atoms with van der Waals surface area (Å²) in [5.74, 6) is -3.78. The van der Waals surface area contributed by atoms with Crippen molar-refractivity contribution in [1.82, 2.24) is 0 Å². The zero-order chi connectivity index (χ0) is 10.9. The fourth-order valence-corrected chi connectivity index (χ4v) is 1.05. The van der Waals surface area contributed by atoms with E-state index in [4.69, 9.17) is 0 Å². The highest BCUT2D eigenvalue weighted by Crippen LogP contribution is 2.26. The summed E-state index contributed by atoms with van der Waals surface area (Å²) in [6.07, 6.45) is 1.55. The quantitative estimate of drug-likeness (QED) is 0.505. The van der Waals surface area contributed by atoms with Crippen LogP contribution in [0.1, 0.15) is 19.4 Å². The van der Waals surface area contributed by atoms with Gasteiger partial charge in [-0.05, 0) is 17.7 Å². The van der Waals surface area contributed by atoms with Gasteiger partial charge in [-0.2, -0.15) is 0 Å². The Balaban J connectivity index is 3.32. The Morgan fingerprint density at radius 2 is 1.57 bits per heavy atom. The third-order valence-corrected chi connectivity index (χ3v) is 2.24. The van der Waals surface area contributed by atoms with Gasteiger partial charge in [0.05, 0.1) is 0 Å². The second-order valence-corrected chi connectivity index (χ2v) is 3.68. The van der Waals surface area contributed by atoms with Gasteiger partial charge < -0.3 is 0 Å². The Kier molecular flexibility index (Phi) is 2.69. The largest absolute Gasteiger partial charge is 0.204 e. The van der Waals surface area contributed by atoms with Crippen molar-refractivity contribution in [1.29, 1.82) is 0 Å². The lowest BCUT2D eigenvalue weighted by molar-refractivity contribution is 0.441. The molecule has 0 fully saturated rings. The van der Waals surface area contributed by atoms with E-state index in [1.54, 1.807) is 19.9 Å². The highest BCUT2D eigenvalue weighted by molar-refractivity contribution is 5.30. The molecule has 1 rings (SSSR count). The minimum atomic E-state index is -1.44. The first-order valence-electron chi connectivity index (χ1n) is 4.17. The van der Waals surface area contributed by atoms with Crippen LogP contribution in [0.2, 0.25) is 0 Å². The summed E-state index contributed by atoms with van der Waals surface area (Å²) in [5, 5.41) is 0. The van der Waals surface area contributed by atoms with Gasteiger partial charge in [0.1, 0.15) is 0 Å². The van der Waals surface area contributed by atoms with Crippen LogP contribution in [0.5, 0.6) is 0 Å². The molecular formula is C11H11F3. The lowest BCUT2D eigenvalue weighted by atomic mass is 9.85. The molecule has 0 aliphatic carbocycles. The second-order valence-electron chi connectivity index (χ2n) is 3.68. The van der Waals surface area contributed by atoms with E-state index in [0.29, 0.717) is 5.56 Å². The van der Waals surface area contributed by atoms with Gasteiger partial charge in [0.25, 0.3) is 0 Å². The Labute approximate surface area is 81.1 Å². The first-order valence-corrected chi connectivity index (χ1v) is 4.17. The monoisotopic (exact) mass is 200 g/mol. The Hall–Kier alpha value is -1.25. The predicted molar refractivity (Wildman–Crippen MR) is 49.5 cm³/mol. The number of rotatable bonds is 2. The van der Waals surface area contributed by atoms with E-state index >= 15 is 0 Å². The molecule has 0 unspecified atom stereocenters. The van der Waals surface area contributed by atoms with Crippen LogP contribution in [0.3, 0.4) is 0 Å². The fourth-order valence-electron chi connectivity index (χ4n) is 1.05. The molecule has 0 saturated carbocycles. The average Bonchev–Trinajstić information content (AvgIpc) is 2.13. The molecule has 14 heavy (non-hydrogen) atoms. The maximum Gasteiger partial charge on any atom is 0.194 e. The SMILES string of the molecule is C=CC(C)(C)c1cc(F)c(F)c(F)c1. The van der Waals surface area contributed by atoms with E-state index in [0.717, 1.165) is 12.1 Å². The van der Waals surface area contributed by atoms with E-state index in [-0.39, 0.29) is 0 Å². The van der Waals surface area contributed by atoms with Crippen molar-refractivity contribution in [2.45, 2.75) is 19.3 Å². The minimum absolute atomic E-state index is 0.365. The van der Waals surface area contributed by atoms with Crippen LogP contribution >= 0.6 is 0 Å². The van der Waals surface area contributed by atoms with E-state index in [2.05, 4.69) is 6.58 Å². The van der Waals surface area contributed by atoms with Crippen molar-refractivity contribution in [2.24, 2.45) is 0 Å². The van der Waals surface area contributed by atoms with Gasteiger partial charge in [-0.15, -0.1) is 6.58 Å². The van der Waals surface area contributed by atoms with Gasteiger partial charge in [0.15, 0.2) is 17.5 Å². The molecule has 0 amide bonds. The maximum absolute atomic E-state index is 12.9. The summed E-state index contributed by atoms with van der Waals surface area (Å²) in [5.41, 5.74) is -0.209. The predicted octanol–water partition coefficient (Wildman–Crippen LogP) is 3.57. The van der Waals surface area contributed by atoms with Gasteiger partial charge in [0, 0.05) is 5.41 Å². The zero-order valence-electron chi connectivity index (χ0n) is 8.07. The third-order valence-electron chi connectivity index (χ3n) is 2.24. The van der Waals surface area contributed by atoms with Crippen LogP contribution < -0.4 is 0 Å². The van der Waals surface area contributed by atoms with E-state index in [1.165, 1.54) is 0 Å². The van der Waals surface area contributed by atoms with Crippen molar-refractivity contribution < 1.29 is 13.2 Å². The number of allylic oxidation sites excluding steroid dienone is 1. The second kappa shape index (κ2) is 3.48. The molecule has 0 bridgehead atoms. The van der Waals surface area contributed by atoms with Crippen molar-refractivity contribution >= 4 is 0 Å². The summed E-state index contributed by atoms with van der Waals surface area (Å²) in [6.45, 7) is 7.04. The normalized spacial score (nSPS) is 11.5. The molecule has 1 aromatic rings. The van der Waals surface area contributed by atoms with Crippen LogP contribution in [0.4, 0.5) is 13.2 Å². The van der Waals surface area contributed by atoms with Gasteiger partial charge >= 0.3 is 0 Å². The van der Waals surface area contributed by atoms with Gasteiger partial charge in [-0.3, -0.25) is 0 Å². The lowest BCUT2D eigenvalue weighted by Crippen LogP contribution is -2.14. The number of halogens is 3. The highest BCUT2D eigenvalue weighted by Gasteiger charge is 2.20. The molecule has 0 radical (unpaired) electrons. The molecule has 0 aromatic heterocycles. The molecule has 3 heteroatoms. The van der Waals surface area contributed by atoms with Crippen LogP contribution in [0, 0.1) is 17.5 Å². The summed E-state index contributed by atoms with van der Waals surface area (Å²) < 4.78 is 38.3. The molecule has 1 aromatic carbocycles. The van der Waals surface area contributed by atoms with Gasteiger partial charge in [-0.25, -0.2) is 13.2 Å². The lowest BCUT2D eigenvalue weighted by Gasteiger charge is -2.20. The maximum atomic E-state index is 12.9. The molecule has 0 heterocycles. The van der Waals surface area contributed by atoms with Crippen LogP contribution in [0.15, 0.2) is 24.8 Å². The summed E-state index contributed by atoms with van der Waals surface area (Å²) >= 11 is 0. The summed E-state index contributed by atoms with van der Waals surface area (Å²) in [7, 11) is 0. The van der Waals surface area contributed by atoms with Crippen LogP contribution in [0.25, 0.3) is 0 Å². The number of hydrogen-bond donors (Lipinski definition) is 0. The number of hydrogen-bond acceptors (Lipinski definition) is 0. The molecule has 0 atom stereocenters. The van der Waals surface area contributed by atoms with Crippen molar-refractivity contribution in [2.75, 3.05) is 0 Å². The summed E-state index contributed by atoms with van der Waals surface area (Å²) in [4.78, 5) is 0. The minimum Gasteiger partial charge on any atom is -0.204 e. The number of benzene rings is 1. The highest BCUT2D eigenvalue weighted by atomic mass is 19.2. The molecule has 76 valence electrons. The topological polar surface area (TPSA) is 0 Å². The molecule has 0 aliphatic rings. The molecular weight excluding hydrogens is 189 g/mol. The molecule has 0 aliphatic heterocycles. The van der Waals surface area contributed by atoms with Gasteiger partial charge in [0.2, 0.25) is 0 Å². The van der Waals surface area contributed by atoms with E-state index in [9.17, 15) is 13.2 Å². The Bertz CT molecular complexity index is 344. The first kappa shape index (κ1) is 10.8. The van der Waals surface area contributed by atoms with E-state index < -0.39 is 22.9 Å². The summed E-state index contributed by atoms with van der Waals surface area (Å²) in [6, 6.07) is 1.97. The van der Waals surface area contributed by atoms with Crippen LogP contribution in [-0.2, 0) is 5.41 Å². The third kappa shape index (κ3) is 1.81. The van der Waals surface area contributed by atoms with Crippen LogP contribution in [-0.4, -0.2) is 0 Å². The molecule has 0 saturated heterocycles.